The number of carbonyl (C=O) groups excluding carboxylic acids is 1. The molecule has 4 N–H and O–H groups in total. The Labute approximate surface area is 77.8 Å². The second kappa shape index (κ2) is 5.30. The van der Waals surface area contributed by atoms with Crippen molar-refractivity contribution < 1.29 is 23.2 Å². The van der Waals surface area contributed by atoms with Crippen LogP contribution in [0.25, 0.3) is 0 Å². The van der Waals surface area contributed by atoms with E-state index in [2.05, 4.69) is 5.16 Å². The Morgan fingerprint density at radius 1 is 1.50 bits per heavy atom. The van der Waals surface area contributed by atoms with Gasteiger partial charge < -0.3 is 16.3 Å². The van der Waals surface area contributed by atoms with Gasteiger partial charge in [-0.3, -0.25) is 4.79 Å². The average Bonchev–Trinajstić information content (AvgIpc) is 2.00. The van der Waals surface area contributed by atoms with Crippen molar-refractivity contribution in [3.8, 4) is 0 Å². The predicted molar refractivity (Wildman–Crippen MR) is 41.7 cm³/mol. The summed E-state index contributed by atoms with van der Waals surface area (Å²) in [5.41, 5.74) is 5.01. The molecule has 0 atom stereocenters. The number of carbonyl (C=O) groups is 1. The van der Waals surface area contributed by atoms with Crippen molar-refractivity contribution in [1.29, 1.82) is 0 Å². The number of oxime groups is 1. The van der Waals surface area contributed by atoms with Gasteiger partial charge in [-0.1, -0.05) is 5.16 Å². The Kier molecular flexibility index (Phi) is 4.74. The third-order valence-corrected chi connectivity index (χ3v) is 1.19. The lowest BCUT2D eigenvalue weighted by atomic mass is 10.3. The molecule has 0 aliphatic heterocycles. The summed E-state index contributed by atoms with van der Waals surface area (Å²) in [5, 5.41) is 12.6. The molecular formula is C6H10F3N3O2. The number of nitrogens with zero attached hydrogens (tertiary/aromatic N) is 1. The Morgan fingerprint density at radius 3 is 2.50 bits per heavy atom. The van der Waals surface area contributed by atoms with E-state index in [0.29, 0.717) is 0 Å². The number of hydrogen-bond donors (Lipinski definition) is 3. The van der Waals surface area contributed by atoms with Crippen molar-refractivity contribution in [3.05, 3.63) is 0 Å². The van der Waals surface area contributed by atoms with Gasteiger partial charge in [-0.2, -0.15) is 13.2 Å². The lowest BCUT2D eigenvalue weighted by molar-refractivity contribution is -0.153. The fraction of sp³-hybridized carbons (Fsp3) is 0.667. The van der Waals surface area contributed by atoms with Crippen LogP contribution in [-0.2, 0) is 4.79 Å². The van der Waals surface area contributed by atoms with E-state index in [1.165, 1.54) is 0 Å². The molecule has 0 aliphatic rings. The maximum Gasteiger partial charge on any atom is 0.397 e. The summed E-state index contributed by atoms with van der Waals surface area (Å²) in [6.45, 7) is -0.0925. The second-order valence-corrected chi connectivity index (χ2v) is 2.48. The van der Waals surface area contributed by atoms with Crippen LogP contribution >= 0.6 is 0 Å². The predicted octanol–water partition coefficient (Wildman–Crippen LogP) is 0.191. The van der Waals surface area contributed by atoms with E-state index in [-0.39, 0.29) is 18.8 Å². The van der Waals surface area contributed by atoms with E-state index in [9.17, 15) is 18.0 Å². The van der Waals surface area contributed by atoms with Crippen LogP contribution in [0.3, 0.4) is 0 Å². The molecule has 0 bridgehead atoms. The van der Waals surface area contributed by atoms with Gasteiger partial charge in [0.2, 0.25) is 5.91 Å². The summed E-state index contributed by atoms with van der Waals surface area (Å²) in [7, 11) is 0. The van der Waals surface area contributed by atoms with Crippen molar-refractivity contribution in [2.24, 2.45) is 10.9 Å². The number of rotatable bonds is 4. The molecule has 0 saturated heterocycles. The van der Waals surface area contributed by atoms with Crippen molar-refractivity contribution in [3.63, 3.8) is 0 Å². The highest BCUT2D eigenvalue weighted by molar-refractivity contribution is 5.81. The van der Waals surface area contributed by atoms with Gasteiger partial charge in [0.05, 0.1) is 0 Å². The first-order valence-electron chi connectivity index (χ1n) is 3.65. The molecule has 0 aromatic rings. The van der Waals surface area contributed by atoms with Crippen molar-refractivity contribution >= 4 is 11.7 Å². The fourth-order valence-corrected chi connectivity index (χ4v) is 0.625. The van der Waals surface area contributed by atoms with Crippen LogP contribution in [0, 0.1) is 0 Å². The highest BCUT2D eigenvalue weighted by Gasteiger charge is 2.30. The summed E-state index contributed by atoms with van der Waals surface area (Å²) in [6.07, 6.45) is -6.04. The highest BCUT2D eigenvalue weighted by atomic mass is 19.4. The summed E-state index contributed by atoms with van der Waals surface area (Å²) >= 11 is 0. The van der Waals surface area contributed by atoms with Gasteiger partial charge in [-0.15, -0.1) is 0 Å². The molecule has 1 amide bonds. The first-order valence-corrected chi connectivity index (χ1v) is 3.65. The van der Waals surface area contributed by atoms with Crippen molar-refractivity contribution in [1.82, 2.24) is 5.32 Å². The summed E-state index contributed by atoms with van der Waals surface area (Å²) < 4.78 is 34.8. The minimum Gasteiger partial charge on any atom is -0.409 e. The molecule has 5 nitrogen and oxygen atoms in total. The Morgan fingerprint density at radius 2 is 2.07 bits per heavy atom. The van der Waals surface area contributed by atoms with Gasteiger partial charge in [0.25, 0.3) is 0 Å². The molecule has 0 radical (unpaired) electrons. The second-order valence-electron chi connectivity index (χ2n) is 2.48. The summed E-state index contributed by atoms with van der Waals surface area (Å²) in [4.78, 5) is 10.6. The van der Waals surface area contributed by atoms with Crippen molar-refractivity contribution in [2.45, 2.75) is 19.0 Å². The number of nitrogens with two attached hydrogens (primary N) is 1. The van der Waals surface area contributed by atoms with E-state index in [1.54, 1.807) is 0 Å². The van der Waals surface area contributed by atoms with Crippen LogP contribution in [-0.4, -0.2) is 29.7 Å². The third kappa shape index (κ3) is 7.19. The molecule has 14 heavy (non-hydrogen) atoms. The number of amidine groups is 1. The zero-order chi connectivity index (χ0) is 11.2. The molecule has 0 unspecified atom stereocenters. The van der Waals surface area contributed by atoms with Crippen LogP contribution in [0.2, 0.25) is 0 Å². The topological polar surface area (TPSA) is 87.7 Å². The van der Waals surface area contributed by atoms with Crippen LogP contribution < -0.4 is 11.1 Å². The minimum atomic E-state index is -4.51. The molecular weight excluding hydrogens is 203 g/mol. The quantitative estimate of drug-likeness (QED) is 0.269. The van der Waals surface area contributed by atoms with Gasteiger partial charge in [0.1, 0.15) is 12.3 Å². The monoisotopic (exact) mass is 213 g/mol. The van der Waals surface area contributed by atoms with Gasteiger partial charge in [0.15, 0.2) is 0 Å². The van der Waals surface area contributed by atoms with Crippen LogP contribution in [0.15, 0.2) is 5.16 Å². The molecule has 0 aromatic heterocycles. The first kappa shape index (κ1) is 12.5. The first-order chi connectivity index (χ1) is 6.35. The van der Waals surface area contributed by atoms with Crippen LogP contribution in [0.1, 0.15) is 12.8 Å². The number of hydrogen-bond acceptors (Lipinski definition) is 3. The SMILES string of the molecule is NC(CCNC(=O)CC(F)(F)F)=NO. The zero-order valence-electron chi connectivity index (χ0n) is 7.14. The van der Waals surface area contributed by atoms with E-state index < -0.39 is 18.5 Å². The molecule has 0 fully saturated rings. The molecule has 0 saturated carbocycles. The lowest BCUT2D eigenvalue weighted by Gasteiger charge is -2.06. The van der Waals surface area contributed by atoms with Crippen molar-refractivity contribution in [2.75, 3.05) is 6.54 Å². The summed E-state index contributed by atoms with van der Waals surface area (Å²) in [6, 6.07) is 0. The van der Waals surface area contributed by atoms with Gasteiger partial charge >= 0.3 is 6.18 Å². The van der Waals surface area contributed by atoms with Gasteiger partial charge in [-0.25, -0.2) is 0 Å². The average molecular weight is 213 g/mol. The maximum atomic E-state index is 11.6. The molecule has 0 heterocycles. The smallest absolute Gasteiger partial charge is 0.397 e. The Hall–Kier alpha value is -1.47. The number of nitrogens with one attached hydrogen (secondary N) is 1. The maximum absolute atomic E-state index is 11.6. The fourth-order valence-electron chi connectivity index (χ4n) is 0.625. The standard InChI is InChI=1S/C6H10F3N3O2/c7-6(8,9)3-5(13)11-2-1-4(10)12-14/h14H,1-3H2,(H2,10,12)(H,11,13). The molecule has 0 rings (SSSR count). The molecule has 0 spiro atoms. The number of halogens is 3. The lowest BCUT2D eigenvalue weighted by Crippen LogP contribution is -2.31. The zero-order valence-corrected chi connectivity index (χ0v) is 7.14. The molecule has 82 valence electrons. The third-order valence-electron chi connectivity index (χ3n) is 1.19. The molecule has 0 aliphatic carbocycles. The molecule has 0 aromatic carbocycles. The van der Waals surface area contributed by atoms with E-state index in [4.69, 9.17) is 10.9 Å². The Balaban J connectivity index is 3.66. The van der Waals surface area contributed by atoms with Gasteiger partial charge in [-0.05, 0) is 0 Å². The number of amides is 1. The summed E-state index contributed by atoms with van der Waals surface area (Å²) in [5.74, 6) is -1.29. The molecule has 8 heteroatoms. The number of alkyl halides is 3. The van der Waals surface area contributed by atoms with E-state index in [0.717, 1.165) is 0 Å². The Bertz CT molecular complexity index is 227. The largest absolute Gasteiger partial charge is 0.409 e. The normalized spacial score (nSPS) is 12.6. The highest BCUT2D eigenvalue weighted by Crippen LogP contribution is 2.18. The van der Waals surface area contributed by atoms with E-state index >= 15 is 0 Å². The van der Waals surface area contributed by atoms with Crippen LogP contribution in [0.4, 0.5) is 13.2 Å². The van der Waals surface area contributed by atoms with Gasteiger partial charge in [0, 0.05) is 13.0 Å². The van der Waals surface area contributed by atoms with Crippen LogP contribution in [0.5, 0.6) is 0 Å². The van der Waals surface area contributed by atoms with E-state index in [1.807, 2.05) is 5.32 Å². The minimum absolute atomic E-state index is 0.0000964.